The van der Waals surface area contributed by atoms with Gasteiger partial charge in [0.05, 0.1) is 13.7 Å². The molecule has 0 aliphatic heterocycles. The zero-order chi connectivity index (χ0) is 34.6. The van der Waals surface area contributed by atoms with E-state index < -0.39 is 8.07 Å². The number of nitrogens with zero attached hydrogens (tertiary/aromatic N) is 3. The van der Waals surface area contributed by atoms with Gasteiger partial charge in [-0.25, -0.2) is 4.98 Å². The minimum Gasteiger partial charge on any atom is -0.486 e. The molecule has 259 valence electrons. The number of fused-ring (bicyclic) bond motifs is 3. The van der Waals surface area contributed by atoms with Crippen LogP contribution in [0.5, 0.6) is 0 Å². The molecule has 2 aromatic carbocycles. The van der Waals surface area contributed by atoms with Crippen LogP contribution in [0.1, 0.15) is 65.3 Å². The van der Waals surface area contributed by atoms with E-state index in [0.717, 1.165) is 63.8 Å². The number of pyridine rings is 3. The first-order valence-corrected chi connectivity index (χ1v) is 20.8. The number of benzene rings is 2. The molecule has 0 saturated carbocycles. The van der Waals surface area contributed by atoms with Gasteiger partial charge in [-0.2, -0.15) is 0 Å². The van der Waals surface area contributed by atoms with E-state index in [-0.39, 0.29) is 25.5 Å². The summed E-state index contributed by atoms with van der Waals surface area (Å²) in [6, 6.07) is 29.4. The van der Waals surface area contributed by atoms with Crippen molar-refractivity contribution in [3.05, 3.63) is 108 Å². The molecule has 0 aliphatic carbocycles. The third kappa shape index (κ3) is 10.1. The maximum absolute atomic E-state index is 6.23. The second-order valence-electron chi connectivity index (χ2n) is 16.1. The van der Waals surface area contributed by atoms with E-state index >= 15 is 0 Å². The Labute approximate surface area is 308 Å². The predicted octanol–water partition coefficient (Wildman–Crippen LogP) is 10.9. The van der Waals surface area contributed by atoms with Gasteiger partial charge in [-0.1, -0.05) is 102 Å². The zero-order valence-electron chi connectivity index (χ0n) is 30.9. The van der Waals surface area contributed by atoms with Crippen LogP contribution in [0.4, 0.5) is 0 Å². The van der Waals surface area contributed by atoms with Gasteiger partial charge in [0.25, 0.3) is 0 Å². The molecule has 0 N–H and O–H groups in total. The van der Waals surface area contributed by atoms with Gasteiger partial charge in [0, 0.05) is 43.6 Å². The predicted molar refractivity (Wildman–Crippen MR) is 205 cm³/mol. The Balaban J connectivity index is 0.000000229. The fourth-order valence-electron chi connectivity index (χ4n) is 6.18. The first kappa shape index (κ1) is 38.4. The molecule has 4 nitrogen and oxygen atoms in total. The van der Waals surface area contributed by atoms with Gasteiger partial charge in [-0.05, 0) is 71.3 Å². The molecule has 0 spiro atoms. The molecule has 0 saturated heterocycles. The SMILES string of the molecule is CC(C)Cc1cc(-c2[c-]cccc2)ncc1[Si](C)(C)C.CC(C)Cc1ccnc(-c2[c-]ccc3c2oc2nc(CC(C)(C)C)ccc23)c1.[Ir]. The van der Waals surface area contributed by atoms with Crippen LogP contribution in [0.2, 0.25) is 19.6 Å². The van der Waals surface area contributed by atoms with Crippen molar-refractivity contribution in [2.75, 3.05) is 0 Å². The van der Waals surface area contributed by atoms with Crippen molar-refractivity contribution >= 4 is 35.3 Å². The van der Waals surface area contributed by atoms with Crippen molar-refractivity contribution in [3.8, 4) is 22.5 Å². The maximum atomic E-state index is 6.23. The number of furan rings is 1. The van der Waals surface area contributed by atoms with Crippen LogP contribution in [-0.2, 0) is 39.4 Å². The van der Waals surface area contributed by atoms with Crippen molar-refractivity contribution in [2.24, 2.45) is 17.3 Å². The number of rotatable bonds is 8. The number of aromatic nitrogens is 3. The van der Waals surface area contributed by atoms with Crippen LogP contribution >= 0.6 is 0 Å². The van der Waals surface area contributed by atoms with Crippen LogP contribution in [0.15, 0.2) is 83.5 Å². The Morgan fingerprint density at radius 3 is 2.20 bits per heavy atom. The summed E-state index contributed by atoms with van der Waals surface area (Å²) in [6.07, 6.45) is 7.06. The Bertz CT molecular complexity index is 1980. The van der Waals surface area contributed by atoms with Gasteiger partial charge < -0.3 is 14.4 Å². The average molecular weight is 846 g/mol. The molecule has 6 rings (SSSR count). The fraction of sp³-hybridized carbons (Fsp3) is 0.372. The van der Waals surface area contributed by atoms with Crippen molar-refractivity contribution in [3.63, 3.8) is 0 Å². The molecular weight excluding hydrogens is 795 g/mol. The molecule has 0 fully saturated rings. The van der Waals surface area contributed by atoms with Crippen LogP contribution < -0.4 is 5.19 Å². The largest absolute Gasteiger partial charge is 0.486 e. The number of hydrogen-bond donors (Lipinski definition) is 0. The molecule has 6 aromatic rings. The van der Waals surface area contributed by atoms with Crippen LogP contribution in [0.3, 0.4) is 0 Å². The van der Waals surface area contributed by atoms with Crippen LogP contribution in [0.25, 0.3) is 44.6 Å². The Morgan fingerprint density at radius 2 is 1.55 bits per heavy atom. The summed E-state index contributed by atoms with van der Waals surface area (Å²) in [4.78, 5) is 14.1. The Morgan fingerprint density at radius 1 is 0.796 bits per heavy atom. The normalized spacial score (nSPS) is 11.9. The number of hydrogen-bond acceptors (Lipinski definition) is 4. The van der Waals surface area contributed by atoms with Crippen molar-refractivity contribution < 1.29 is 24.5 Å². The van der Waals surface area contributed by atoms with Gasteiger partial charge >= 0.3 is 0 Å². The molecule has 0 bridgehead atoms. The van der Waals surface area contributed by atoms with Crippen LogP contribution in [-0.4, -0.2) is 23.0 Å². The molecule has 0 atom stereocenters. The van der Waals surface area contributed by atoms with Gasteiger partial charge in [0.15, 0.2) is 0 Å². The third-order valence-electron chi connectivity index (χ3n) is 8.20. The average Bonchev–Trinajstić information content (AvgIpc) is 3.38. The molecule has 0 amide bonds. The van der Waals surface area contributed by atoms with E-state index in [0.29, 0.717) is 17.5 Å². The summed E-state index contributed by atoms with van der Waals surface area (Å²) < 4.78 is 6.23. The molecule has 0 unspecified atom stereocenters. The van der Waals surface area contributed by atoms with E-state index in [1.54, 1.807) is 0 Å². The summed E-state index contributed by atoms with van der Waals surface area (Å²) in [6.45, 7) is 22.9. The molecule has 0 aliphatic rings. The summed E-state index contributed by atoms with van der Waals surface area (Å²) in [7, 11) is -1.34. The maximum Gasteiger partial charge on any atom is 0.216 e. The monoisotopic (exact) mass is 846 g/mol. The van der Waals surface area contributed by atoms with Gasteiger partial charge in [-0.15, -0.1) is 54.1 Å². The fourth-order valence-corrected chi connectivity index (χ4v) is 7.77. The third-order valence-corrected chi connectivity index (χ3v) is 10.3. The second-order valence-corrected chi connectivity index (χ2v) is 21.1. The molecule has 4 aromatic heterocycles. The Hall–Kier alpha value is -3.44. The summed E-state index contributed by atoms with van der Waals surface area (Å²) in [5, 5.41) is 3.60. The summed E-state index contributed by atoms with van der Waals surface area (Å²) in [5.41, 5.74) is 9.43. The van der Waals surface area contributed by atoms with Gasteiger partial charge in [0.1, 0.15) is 0 Å². The molecule has 1 radical (unpaired) electrons. The van der Waals surface area contributed by atoms with E-state index in [4.69, 9.17) is 9.40 Å². The zero-order valence-corrected chi connectivity index (χ0v) is 34.3. The minimum atomic E-state index is -1.34. The van der Waals surface area contributed by atoms with Crippen LogP contribution in [0, 0.1) is 29.4 Å². The molecular formula is C43H51IrN3OSi-2. The van der Waals surface area contributed by atoms with Crippen molar-refractivity contribution in [1.82, 2.24) is 15.0 Å². The summed E-state index contributed by atoms with van der Waals surface area (Å²) in [5.74, 6) is 1.27. The molecule has 6 heteroatoms. The van der Waals surface area contributed by atoms with Crippen molar-refractivity contribution in [1.29, 1.82) is 0 Å². The first-order chi connectivity index (χ1) is 22.7. The van der Waals surface area contributed by atoms with E-state index in [1.165, 1.54) is 16.3 Å². The smallest absolute Gasteiger partial charge is 0.216 e. The second kappa shape index (κ2) is 16.1. The minimum absolute atomic E-state index is 0. The van der Waals surface area contributed by atoms with E-state index in [9.17, 15) is 0 Å². The van der Waals surface area contributed by atoms with Gasteiger partial charge in [0.2, 0.25) is 5.71 Å². The summed E-state index contributed by atoms with van der Waals surface area (Å²) >= 11 is 0. The van der Waals surface area contributed by atoms with Gasteiger partial charge in [-0.3, -0.25) is 0 Å². The molecule has 4 heterocycles. The van der Waals surface area contributed by atoms with Crippen molar-refractivity contribution in [2.45, 2.75) is 87.4 Å². The Kier molecular flexibility index (Phi) is 12.6. The topological polar surface area (TPSA) is 51.8 Å². The molecule has 49 heavy (non-hydrogen) atoms. The van der Waals surface area contributed by atoms with E-state index in [2.05, 4.69) is 133 Å². The quantitative estimate of drug-likeness (QED) is 0.113. The first-order valence-electron chi connectivity index (χ1n) is 17.3. The van der Waals surface area contributed by atoms with E-state index in [1.807, 2.05) is 36.5 Å². The standard InChI is InChI=1S/C25H27N2O.C18H24NSi.Ir/c1-16(2)13-17-11-12-26-22(14-17)21-8-6-7-19-20-10-9-18(15-25(3,4)5)27-24(20)28-23(19)21;1-14(2)11-16-12-17(15-9-7-6-8-10-15)19-13-18(16)20(3,4)5;/h6-7,9-12,14,16H,13,15H2,1-5H3;6-9,12-14H,11H2,1-5H3;/q2*-1;.